The van der Waals surface area contributed by atoms with Crippen LogP contribution < -0.4 is 5.32 Å². The van der Waals surface area contributed by atoms with E-state index in [-0.39, 0.29) is 18.5 Å². The number of nitrogens with one attached hydrogen (secondary N) is 1. The van der Waals surface area contributed by atoms with Gasteiger partial charge in [-0.25, -0.2) is 0 Å². The molecule has 68 heavy (non-hydrogen) atoms. The summed E-state index contributed by atoms with van der Waals surface area (Å²) in [5.41, 5.74) is 0. The molecule has 0 rings (SSSR count). The van der Waals surface area contributed by atoms with Crippen LogP contribution in [0.1, 0.15) is 361 Å². The molecule has 0 aromatic heterocycles. The quantitative estimate of drug-likeness (QED) is 0.0417. The van der Waals surface area contributed by atoms with Crippen LogP contribution in [0.4, 0.5) is 0 Å². The summed E-state index contributed by atoms with van der Waals surface area (Å²) in [7, 11) is 0. The van der Waals surface area contributed by atoms with E-state index in [1.807, 2.05) is 0 Å². The Balaban J connectivity index is 3.34. The second kappa shape index (κ2) is 58.4. The van der Waals surface area contributed by atoms with Crippen LogP contribution in [0.5, 0.6) is 0 Å². The molecule has 2 atom stereocenters. The van der Waals surface area contributed by atoms with E-state index < -0.39 is 12.1 Å². The predicted octanol–water partition coefficient (Wildman–Crippen LogP) is 19.5. The van der Waals surface area contributed by atoms with Crippen LogP contribution in [0.25, 0.3) is 0 Å². The molecule has 0 heterocycles. The van der Waals surface area contributed by atoms with Gasteiger partial charge in [-0.3, -0.25) is 9.59 Å². The number of hydrogen-bond donors (Lipinski definition) is 3. The third kappa shape index (κ3) is 54.2. The van der Waals surface area contributed by atoms with Crippen LogP contribution in [-0.4, -0.2) is 47.4 Å². The monoisotopic (exact) mass is 962 g/mol. The van der Waals surface area contributed by atoms with E-state index in [0.717, 1.165) is 38.5 Å². The van der Waals surface area contributed by atoms with Crippen molar-refractivity contribution in [3.05, 3.63) is 0 Å². The predicted molar refractivity (Wildman–Crippen MR) is 297 cm³/mol. The van der Waals surface area contributed by atoms with Crippen LogP contribution in [0.15, 0.2) is 0 Å². The molecule has 0 aliphatic carbocycles. The first-order chi connectivity index (χ1) is 33.5. The standard InChI is InChI=1S/C62H123NO5/c1-3-5-7-9-11-13-15-17-18-24-28-32-36-40-44-48-52-56-62(67)68-57-53-49-45-41-37-33-29-26-23-21-19-20-22-25-27-31-35-39-43-47-51-55-61(66)63-59(58-64)60(65)54-50-46-42-38-34-30-16-14-12-10-8-6-4-2/h59-60,64-65H,3-58H2,1-2H3,(H,63,66). The first-order valence-corrected chi connectivity index (χ1v) is 31.3. The van der Waals surface area contributed by atoms with Gasteiger partial charge in [0.05, 0.1) is 25.4 Å². The molecular formula is C62H123NO5. The van der Waals surface area contributed by atoms with Crippen molar-refractivity contribution in [2.24, 2.45) is 0 Å². The number of unbranched alkanes of at least 4 members (excludes halogenated alkanes) is 48. The van der Waals surface area contributed by atoms with Crippen molar-refractivity contribution >= 4 is 11.9 Å². The number of esters is 1. The minimum atomic E-state index is -0.663. The number of rotatable bonds is 59. The van der Waals surface area contributed by atoms with Gasteiger partial charge in [0.25, 0.3) is 0 Å². The van der Waals surface area contributed by atoms with Crippen molar-refractivity contribution in [2.75, 3.05) is 13.2 Å². The molecule has 0 aliphatic heterocycles. The Kier molecular flexibility index (Phi) is 57.5. The van der Waals surface area contributed by atoms with Gasteiger partial charge in [-0.15, -0.1) is 0 Å². The first-order valence-electron chi connectivity index (χ1n) is 31.3. The van der Waals surface area contributed by atoms with Crippen LogP contribution in [0, 0.1) is 0 Å². The molecule has 0 saturated heterocycles. The van der Waals surface area contributed by atoms with Gasteiger partial charge in [0, 0.05) is 12.8 Å². The largest absolute Gasteiger partial charge is 0.466 e. The lowest BCUT2D eigenvalue weighted by molar-refractivity contribution is -0.143. The molecule has 6 nitrogen and oxygen atoms in total. The minimum Gasteiger partial charge on any atom is -0.466 e. The summed E-state index contributed by atoms with van der Waals surface area (Å²) < 4.78 is 5.50. The molecule has 0 aromatic carbocycles. The molecule has 6 heteroatoms. The molecule has 0 radical (unpaired) electrons. The topological polar surface area (TPSA) is 95.9 Å². The Morgan fingerprint density at radius 2 is 0.603 bits per heavy atom. The summed E-state index contributed by atoms with van der Waals surface area (Å²) in [6.45, 7) is 4.98. The van der Waals surface area contributed by atoms with Gasteiger partial charge in [0.2, 0.25) is 5.91 Å². The summed E-state index contributed by atoms with van der Waals surface area (Å²) in [6.07, 6.45) is 68.3. The fourth-order valence-electron chi connectivity index (χ4n) is 10.1. The third-order valence-electron chi connectivity index (χ3n) is 14.9. The van der Waals surface area contributed by atoms with Crippen LogP contribution in [-0.2, 0) is 14.3 Å². The van der Waals surface area contributed by atoms with Gasteiger partial charge in [-0.05, 0) is 25.7 Å². The maximum Gasteiger partial charge on any atom is 0.305 e. The zero-order chi connectivity index (χ0) is 49.3. The number of carbonyl (C=O) groups excluding carboxylic acids is 2. The van der Waals surface area contributed by atoms with Crippen molar-refractivity contribution in [1.82, 2.24) is 5.32 Å². The number of aliphatic hydroxyl groups excluding tert-OH is 2. The average molecular weight is 963 g/mol. The lowest BCUT2D eigenvalue weighted by Gasteiger charge is -2.22. The normalized spacial score (nSPS) is 12.5. The van der Waals surface area contributed by atoms with Crippen molar-refractivity contribution in [1.29, 1.82) is 0 Å². The van der Waals surface area contributed by atoms with E-state index in [2.05, 4.69) is 19.2 Å². The number of aliphatic hydroxyl groups is 2. The van der Waals surface area contributed by atoms with Crippen LogP contribution in [0.2, 0.25) is 0 Å². The lowest BCUT2D eigenvalue weighted by Crippen LogP contribution is -2.45. The highest BCUT2D eigenvalue weighted by Gasteiger charge is 2.20. The molecule has 406 valence electrons. The Labute approximate surface area is 426 Å². The number of ether oxygens (including phenoxy) is 1. The van der Waals surface area contributed by atoms with Gasteiger partial charge in [0.1, 0.15) is 0 Å². The Hall–Kier alpha value is -1.14. The van der Waals surface area contributed by atoms with Gasteiger partial charge in [-0.1, -0.05) is 322 Å². The van der Waals surface area contributed by atoms with Gasteiger partial charge < -0.3 is 20.3 Å². The average Bonchev–Trinajstić information content (AvgIpc) is 3.34. The van der Waals surface area contributed by atoms with Gasteiger partial charge in [-0.2, -0.15) is 0 Å². The molecule has 1 amide bonds. The molecule has 0 fully saturated rings. The van der Waals surface area contributed by atoms with E-state index in [0.29, 0.717) is 25.9 Å². The van der Waals surface area contributed by atoms with E-state index in [9.17, 15) is 19.8 Å². The molecule has 0 spiro atoms. The minimum absolute atomic E-state index is 0.0170. The second-order valence-corrected chi connectivity index (χ2v) is 21.8. The molecule has 2 unspecified atom stereocenters. The van der Waals surface area contributed by atoms with Gasteiger partial charge >= 0.3 is 5.97 Å². The molecule has 0 bridgehead atoms. The summed E-state index contributed by atoms with van der Waals surface area (Å²) in [5.74, 6) is -0.0166. The maximum absolute atomic E-state index is 12.5. The summed E-state index contributed by atoms with van der Waals surface area (Å²) in [5, 5.41) is 23.3. The van der Waals surface area contributed by atoms with Crippen molar-refractivity contribution < 1.29 is 24.5 Å². The van der Waals surface area contributed by atoms with Crippen LogP contribution in [0.3, 0.4) is 0 Å². The number of hydrogen-bond acceptors (Lipinski definition) is 5. The van der Waals surface area contributed by atoms with Crippen LogP contribution >= 0.6 is 0 Å². The SMILES string of the molecule is CCCCCCCCCCCCCCCCCCCC(=O)OCCCCCCCCCCCCCCCCCCCCCCCC(=O)NC(CO)C(O)CCCCCCCCCCCCCCC. The van der Waals surface area contributed by atoms with E-state index in [1.165, 1.54) is 289 Å². The maximum atomic E-state index is 12.5. The Morgan fingerprint density at radius 3 is 0.897 bits per heavy atom. The highest BCUT2D eigenvalue weighted by molar-refractivity contribution is 5.76. The first kappa shape index (κ1) is 66.9. The fourth-order valence-corrected chi connectivity index (χ4v) is 10.1. The highest BCUT2D eigenvalue weighted by Crippen LogP contribution is 2.19. The molecule has 3 N–H and O–H groups in total. The van der Waals surface area contributed by atoms with E-state index >= 15 is 0 Å². The van der Waals surface area contributed by atoms with E-state index in [4.69, 9.17) is 4.74 Å². The number of carbonyl (C=O) groups is 2. The molecule has 0 aromatic rings. The summed E-state index contributed by atoms with van der Waals surface area (Å²) in [6, 6.07) is -0.540. The highest BCUT2D eigenvalue weighted by atomic mass is 16.5. The second-order valence-electron chi connectivity index (χ2n) is 21.8. The summed E-state index contributed by atoms with van der Waals surface area (Å²) >= 11 is 0. The Bertz CT molecular complexity index is 975. The number of amides is 1. The Morgan fingerprint density at radius 1 is 0.353 bits per heavy atom. The van der Waals surface area contributed by atoms with Gasteiger partial charge in [0.15, 0.2) is 0 Å². The molecular weight excluding hydrogens is 839 g/mol. The fraction of sp³-hybridized carbons (Fsp3) is 0.968. The third-order valence-corrected chi connectivity index (χ3v) is 14.9. The van der Waals surface area contributed by atoms with Crippen molar-refractivity contribution in [2.45, 2.75) is 373 Å². The van der Waals surface area contributed by atoms with Crippen molar-refractivity contribution in [3.63, 3.8) is 0 Å². The zero-order valence-corrected chi connectivity index (χ0v) is 46.4. The van der Waals surface area contributed by atoms with E-state index in [1.54, 1.807) is 0 Å². The smallest absolute Gasteiger partial charge is 0.305 e. The lowest BCUT2D eigenvalue weighted by atomic mass is 10.0. The molecule has 0 aliphatic rings. The molecule has 0 saturated carbocycles. The van der Waals surface area contributed by atoms with Crippen molar-refractivity contribution in [3.8, 4) is 0 Å². The zero-order valence-electron chi connectivity index (χ0n) is 46.4. The summed E-state index contributed by atoms with van der Waals surface area (Å²) in [4.78, 5) is 24.6.